The van der Waals surface area contributed by atoms with Crippen LogP contribution in [0.5, 0.6) is 0 Å². The van der Waals surface area contributed by atoms with Crippen LogP contribution in [0.3, 0.4) is 0 Å². The zero-order valence-corrected chi connectivity index (χ0v) is 11.8. The van der Waals surface area contributed by atoms with Crippen LogP contribution in [-0.2, 0) is 19.6 Å². The number of esters is 1. The van der Waals surface area contributed by atoms with Gasteiger partial charge in [0.1, 0.15) is 0 Å². The van der Waals surface area contributed by atoms with Gasteiger partial charge in [-0.1, -0.05) is 13.0 Å². The van der Waals surface area contributed by atoms with Gasteiger partial charge in [0.25, 0.3) is 0 Å². The molecule has 0 aliphatic rings. The van der Waals surface area contributed by atoms with Crippen LogP contribution in [-0.4, -0.2) is 39.1 Å². The monoisotopic (exact) mass is 301 g/mol. The van der Waals surface area contributed by atoms with Crippen molar-refractivity contribution in [2.75, 3.05) is 13.7 Å². The van der Waals surface area contributed by atoms with Crippen molar-refractivity contribution in [1.29, 1.82) is 0 Å². The van der Waals surface area contributed by atoms with Crippen LogP contribution < -0.4 is 4.72 Å². The molecular weight excluding hydrogens is 286 g/mol. The molecule has 0 aliphatic carbocycles. The highest BCUT2D eigenvalue weighted by Gasteiger charge is 2.19. The normalized spacial score (nSPS) is 12.7. The van der Waals surface area contributed by atoms with Crippen molar-refractivity contribution in [2.24, 2.45) is 5.92 Å². The summed E-state index contributed by atoms with van der Waals surface area (Å²) >= 11 is 0. The summed E-state index contributed by atoms with van der Waals surface area (Å²) < 4.78 is 30.6. The highest BCUT2D eigenvalue weighted by molar-refractivity contribution is 7.89. The molecule has 0 bridgehead atoms. The van der Waals surface area contributed by atoms with Crippen LogP contribution in [0.15, 0.2) is 29.2 Å². The zero-order chi connectivity index (χ0) is 15.3. The molecule has 0 aliphatic heterocycles. The second-order valence-corrected chi connectivity index (χ2v) is 5.88. The molecule has 7 nitrogen and oxygen atoms in total. The third-order valence-electron chi connectivity index (χ3n) is 2.57. The Balaban J connectivity index is 2.93. The van der Waals surface area contributed by atoms with Crippen molar-refractivity contribution in [3.05, 3.63) is 29.8 Å². The van der Waals surface area contributed by atoms with E-state index in [1.165, 1.54) is 38.3 Å². The van der Waals surface area contributed by atoms with Crippen LogP contribution in [0, 0.1) is 5.92 Å². The van der Waals surface area contributed by atoms with E-state index in [0.29, 0.717) is 0 Å². The van der Waals surface area contributed by atoms with E-state index in [2.05, 4.69) is 9.46 Å². The molecule has 0 spiro atoms. The van der Waals surface area contributed by atoms with E-state index in [9.17, 15) is 18.0 Å². The van der Waals surface area contributed by atoms with Crippen molar-refractivity contribution in [3.63, 3.8) is 0 Å². The Labute approximate surface area is 116 Å². The molecule has 1 aromatic rings. The van der Waals surface area contributed by atoms with Crippen LogP contribution in [0.1, 0.15) is 17.3 Å². The third kappa shape index (κ3) is 4.04. The van der Waals surface area contributed by atoms with E-state index in [4.69, 9.17) is 5.11 Å². The fourth-order valence-corrected chi connectivity index (χ4v) is 2.49. The lowest BCUT2D eigenvalue weighted by Crippen LogP contribution is -2.31. The lowest BCUT2D eigenvalue weighted by molar-refractivity contribution is -0.140. The third-order valence-corrected chi connectivity index (χ3v) is 3.99. The SMILES string of the molecule is COC(=O)c1cccc(S(=O)(=O)NCC(C)C(=O)O)c1. The molecule has 1 atom stereocenters. The molecule has 1 unspecified atom stereocenters. The van der Waals surface area contributed by atoms with Crippen LogP contribution in [0.4, 0.5) is 0 Å². The number of aliphatic carboxylic acids is 1. The number of methoxy groups -OCH3 is 1. The number of carbonyl (C=O) groups is 2. The molecule has 2 N–H and O–H groups in total. The summed E-state index contributed by atoms with van der Waals surface area (Å²) in [5.74, 6) is -2.61. The van der Waals surface area contributed by atoms with Gasteiger partial charge in [-0.15, -0.1) is 0 Å². The average molecular weight is 301 g/mol. The van der Waals surface area contributed by atoms with Crippen LogP contribution >= 0.6 is 0 Å². The number of carboxylic acids is 1. The zero-order valence-electron chi connectivity index (χ0n) is 11.0. The highest BCUT2D eigenvalue weighted by atomic mass is 32.2. The molecule has 1 rings (SSSR count). The van der Waals surface area contributed by atoms with Gasteiger partial charge in [-0.25, -0.2) is 17.9 Å². The molecule has 0 radical (unpaired) electrons. The summed E-state index contributed by atoms with van der Waals surface area (Å²) in [5, 5.41) is 8.70. The quantitative estimate of drug-likeness (QED) is 0.739. The fourth-order valence-electron chi connectivity index (χ4n) is 1.31. The van der Waals surface area contributed by atoms with E-state index >= 15 is 0 Å². The largest absolute Gasteiger partial charge is 0.481 e. The molecule has 0 saturated carbocycles. The van der Waals surface area contributed by atoms with Crippen molar-refractivity contribution >= 4 is 22.0 Å². The number of carbonyl (C=O) groups excluding carboxylic acids is 1. The van der Waals surface area contributed by atoms with Gasteiger partial charge in [-0.05, 0) is 18.2 Å². The van der Waals surface area contributed by atoms with Crippen molar-refractivity contribution in [1.82, 2.24) is 4.72 Å². The van der Waals surface area contributed by atoms with Gasteiger partial charge in [0, 0.05) is 6.54 Å². The maximum absolute atomic E-state index is 12.0. The van der Waals surface area contributed by atoms with E-state index in [1.807, 2.05) is 0 Å². The Morgan fingerprint density at radius 3 is 2.60 bits per heavy atom. The van der Waals surface area contributed by atoms with Crippen molar-refractivity contribution < 1.29 is 27.9 Å². The molecule has 0 fully saturated rings. The van der Waals surface area contributed by atoms with E-state index in [1.54, 1.807) is 0 Å². The minimum Gasteiger partial charge on any atom is -0.481 e. The summed E-state index contributed by atoms with van der Waals surface area (Å²) in [7, 11) is -2.68. The maximum Gasteiger partial charge on any atom is 0.337 e. The van der Waals surface area contributed by atoms with Crippen LogP contribution in [0.2, 0.25) is 0 Å². The number of hydrogen-bond acceptors (Lipinski definition) is 5. The second kappa shape index (κ2) is 6.49. The molecule has 0 heterocycles. The lowest BCUT2D eigenvalue weighted by Gasteiger charge is -2.10. The Bertz CT molecular complexity index is 610. The summed E-state index contributed by atoms with van der Waals surface area (Å²) in [6.45, 7) is 1.15. The first kappa shape index (κ1) is 16.1. The summed E-state index contributed by atoms with van der Waals surface area (Å²) in [4.78, 5) is 21.8. The molecule has 8 heteroatoms. The molecule has 0 aromatic heterocycles. The van der Waals surface area contributed by atoms with Gasteiger partial charge in [-0.2, -0.15) is 0 Å². The first-order valence-electron chi connectivity index (χ1n) is 5.69. The number of benzene rings is 1. The molecular formula is C12H15NO6S. The van der Waals surface area contributed by atoms with E-state index in [-0.39, 0.29) is 17.0 Å². The molecule has 20 heavy (non-hydrogen) atoms. The lowest BCUT2D eigenvalue weighted by atomic mass is 10.2. The Morgan fingerprint density at radius 2 is 2.05 bits per heavy atom. The number of nitrogens with one attached hydrogen (secondary N) is 1. The molecule has 0 saturated heterocycles. The van der Waals surface area contributed by atoms with E-state index < -0.39 is 27.9 Å². The minimum absolute atomic E-state index is 0.0988. The fraction of sp³-hybridized carbons (Fsp3) is 0.333. The van der Waals surface area contributed by atoms with E-state index in [0.717, 1.165) is 0 Å². The van der Waals surface area contributed by atoms with Gasteiger partial charge >= 0.3 is 11.9 Å². The predicted octanol–water partition coefficient (Wildman–Crippen LogP) is 0.472. The number of carboxylic acid groups (broad SMARTS) is 1. The summed E-state index contributed by atoms with van der Waals surface area (Å²) in [5.41, 5.74) is 0.0988. The van der Waals surface area contributed by atoms with Gasteiger partial charge in [0.05, 0.1) is 23.5 Å². The number of ether oxygens (including phenoxy) is 1. The first-order valence-corrected chi connectivity index (χ1v) is 7.17. The van der Waals surface area contributed by atoms with Crippen LogP contribution in [0.25, 0.3) is 0 Å². The number of sulfonamides is 1. The average Bonchev–Trinajstić information content (AvgIpc) is 2.43. The number of rotatable bonds is 6. The topological polar surface area (TPSA) is 110 Å². The summed E-state index contributed by atoms with van der Waals surface area (Å²) in [6, 6.07) is 5.30. The smallest absolute Gasteiger partial charge is 0.337 e. The van der Waals surface area contributed by atoms with Gasteiger partial charge in [0.15, 0.2) is 0 Å². The van der Waals surface area contributed by atoms with Gasteiger partial charge < -0.3 is 9.84 Å². The Hall–Kier alpha value is -1.93. The number of hydrogen-bond donors (Lipinski definition) is 2. The predicted molar refractivity (Wildman–Crippen MR) is 69.8 cm³/mol. The standard InChI is InChI=1S/C12H15NO6S/c1-8(11(14)15)7-13-20(17,18)10-5-3-4-9(6-10)12(16)19-2/h3-6,8,13H,7H2,1-2H3,(H,14,15). The van der Waals surface area contributed by atoms with Crippen molar-refractivity contribution in [2.45, 2.75) is 11.8 Å². The summed E-state index contributed by atoms with van der Waals surface area (Å²) in [6.07, 6.45) is 0. The molecule has 110 valence electrons. The first-order chi connectivity index (χ1) is 9.27. The second-order valence-electron chi connectivity index (χ2n) is 4.11. The van der Waals surface area contributed by atoms with Crippen molar-refractivity contribution in [3.8, 4) is 0 Å². The van der Waals surface area contributed by atoms with Gasteiger partial charge in [0.2, 0.25) is 10.0 Å². The maximum atomic E-state index is 12.0. The molecule has 0 amide bonds. The van der Waals surface area contributed by atoms with Gasteiger partial charge in [-0.3, -0.25) is 4.79 Å². The molecule has 1 aromatic carbocycles. The minimum atomic E-state index is -3.87. The highest BCUT2D eigenvalue weighted by Crippen LogP contribution is 2.12. The Morgan fingerprint density at radius 1 is 1.40 bits per heavy atom. The Kier molecular flexibility index (Phi) is 5.23.